The average molecular weight is 194 g/mol. The van der Waals surface area contributed by atoms with Crippen LogP contribution in [0.25, 0.3) is 0 Å². The van der Waals surface area contributed by atoms with Crippen LogP contribution in [-0.2, 0) is 0 Å². The Morgan fingerprint density at radius 1 is 1.50 bits per heavy atom. The summed E-state index contributed by atoms with van der Waals surface area (Å²) in [4.78, 5) is 4.28. The number of piperidine rings is 1. The SMILES string of the molecule is Cc1ccc(C2CCNCC2F)nc1. The van der Waals surface area contributed by atoms with Crippen molar-refractivity contribution in [1.82, 2.24) is 10.3 Å². The van der Waals surface area contributed by atoms with Crippen molar-refractivity contribution >= 4 is 0 Å². The van der Waals surface area contributed by atoms with E-state index in [0.717, 1.165) is 24.2 Å². The lowest BCUT2D eigenvalue weighted by Gasteiger charge is -2.26. The van der Waals surface area contributed by atoms with Crippen LogP contribution in [0.1, 0.15) is 23.6 Å². The van der Waals surface area contributed by atoms with Crippen molar-refractivity contribution in [3.05, 3.63) is 29.6 Å². The molecule has 1 fully saturated rings. The van der Waals surface area contributed by atoms with Gasteiger partial charge in [0, 0.05) is 24.4 Å². The number of nitrogens with zero attached hydrogens (tertiary/aromatic N) is 1. The topological polar surface area (TPSA) is 24.9 Å². The summed E-state index contributed by atoms with van der Waals surface area (Å²) < 4.78 is 13.5. The Bertz CT molecular complexity index is 297. The first kappa shape index (κ1) is 9.59. The molecule has 3 heteroatoms. The first-order valence-electron chi connectivity index (χ1n) is 5.04. The minimum Gasteiger partial charge on any atom is -0.314 e. The second kappa shape index (κ2) is 4.05. The van der Waals surface area contributed by atoms with Gasteiger partial charge >= 0.3 is 0 Å². The molecule has 1 N–H and O–H groups in total. The summed E-state index contributed by atoms with van der Waals surface area (Å²) in [6, 6.07) is 3.94. The lowest BCUT2D eigenvalue weighted by molar-refractivity contribution is 0.228. The van der Waals surface area contributed by atoms with Crippen LogP contribution in [0.3, 0.4) is 0 Å². The Labute approximate surface area is 83.6 Å². The van der Waals surface area contributed by atoms with E-state index in [0.29, 0.717) is 6.54 Å². The molecule has 2 nitrogen and oxygen atoms in total. The average Bonchev–Trinajstić information content (AvgIpc) is 2.20. The zero-order chi connectivity index (χ0) is 9.97. The fourth-order valence-corrected chi connectivity index (χ4v) is 1.85. The van der Waals surface area contributed by atoms with Crippen molar-refractivity contribution < 1.29 is 4.39 Å². The van der Waals surface area contributed by atoms with Gasteiger partial charge in [0.05, 0.1) is 0 Å². The van der Waals surface area contributed by atoms with Gasteiger partial charge in [0.2, 0.25) is 0 Å². The normalized spacial score (nSPS) is 27.6. The predicted molar refractivity (Wildman–Crippen MR) is 54.1 cm³/mol. The number of aromatic nitrogens is 1. The largest absolute Gasteiger partial charge is 0.314 e. The third-order valence-corrected chi connectivity index (χ3v) is 2.72. The van der Waals surface area contributed by atoms with E-state index in [1.807, 2.05) is 25.3 Å². The van der Waals surface area contributed by atoms with E-state index in [-0.39, 0.29) is 5.92 Å². The Balaban J connectivity index is 2.16. The summed E-state index contributed by atoms with van der Waals surface area (Å²) >= 11 is 0. The number of hydrogen-bond acceptors (Lipinski definition) is 2. The van der Waals surface area contributed by atoms with Crippen molar-refractivity contribution in [2.45, 2.75) is 25.4 Å². The highest BCUT2D eigenvalue weighted by molar-refractivity contribution is 5.17. The minimum atomic E-state index is -0.793. The lowest BCUT2D eigenvalue weighted by atomic mass is 9.92. The molecule has 76 valence electrons. The van der Waals surface area contributed by atoms with E-state index >= 15 is 0 Å². The molecule has 0 saturated carbocycles. The van der Waals surface area contributed by atoms with Gasteiger partial charge in [-0.05, 0) is 31.5 Å². The predicted octanol–water partition coefficient (Wildman–Crippen LogP) is 1.81. The first-order valence-corrected chi connectivity index (χ1v) is 5.04. The molecule has 0 aromatic carbocycles. The van der Waals surface area contributed by atoms with Gasteiger partial charge in [-0.25, -0.2) is 4.39 Å². The molecule has 0 aliphatic carbocycles. The smallest absolute Gasteiger partial charge is 0.121 e. The van der Waals surface area contributed by atoms with Crippen LogP contribution < -0.4 is 5.32 Å². The quantitative estimate of drug-likeness (QED) is 0.737. The van der Waals surface area contributed by atoms with E-state index < -0.39 is 6.17 Å². The third-order valence-electron chi connectivity index (χ3n) is 2.72. The summed E-state index contributed by atoms with van der Waals surface area (Å²) in [6.07, 6.45) is 1.86. The van der Waals surface area contributed by atoms with Gasteiger partial charge in [-0.1, -0.05) is 6.07 Å². The zero-order valence-electron chi connectivity index (χ0n) is 8.33. The van der Waals surface area contributed by atoms with Crippen molar-refractivity contribution in [3.8, 4) is 0 Å². The van der Waals surface area contributed by atoms with Gasteiger partial charge in [-0.3, -0.25) is 4.98 Å². The van der Waals surface area contributed by atoms with E-state index in [1.165, 1.54) is 0 Å². The van der Waals surface area contributed by atoms with E-state index in [2.05, 4.69) is 10.3 Å². The molecule has 2 heterocycles. The van der Waals surface area contributed by atoms with Crippen molar-refractivity contribution in [3.63, 3.8) is 0 Å². The molecule has 14 heavy (non-hydrogen) atoms. The standard InChI is InChI=1S/C11H15FN2/c1-8-2-3-11(14-6-8)9-4-5-13-7-10(9)12/h2-3,6,9-10,13H,4-5,7H2,1H3. The van der Waals surface area contributed by atoms with Crippen molar-refractivity contribution in [2.75, 3.05) is 13.1 Å². The van der Waals surface area contributed by atoms with Gasteiger partial charge in [0.1, 0.15) is 6.17 Å². The Morgan fingerprint density at radius 2 is 2.36 bits per heavy atom. The van der Waals surface area contributed by atoms with Crippen LogP contribution >= 0.6 is 0 Å². The number of hydrogen-bond donors (Lipinski definition) is 1. The number of rotatable bonds is 1. The molecule has 0 bridgehead atoms. The number of pyridine rings is 1. The summed E-state index contributed by atoms with van der Waals surface area (Å²) in [7, 11) is 0. The Hall–Kier alpha value is -0.960. The first-order chi connectivity index (χ1) is 6.77. The molecule has 0 spiro atoms. The third kappa shape index (κ3) is 1.93. The Morgan fingerprint density at radius 3 is 3.00 bits per heavy atom. The van der Waals surface area contributed by atoms with E-state index in [1.54, 1.807) is 0 Å². The van der Waals surface area contributed by atoms with Crippen LogP contribution in [-0.4, -0.2) is 24.2 Å². The second-order valence-corrected chi connectivity index (χ2v) is 3.88. The molecule has 0 radical (unpaired) electrons. The molecule has 1 aromatic rings. The maximum atomic E-state index is 13.5. The molecule has 2 rings (SSSR count). The number of alkyl halides is 1. The maximum Gasteiger partial charge on any atom is 0.121 e. The number of halogens is 1. The summed E-state index contributed by atoms with van der Waals surface area (Å²) in [5.41, 5.74) is 2.02. The van der Waals surface area contributed by atoms with Crippen LogP contribution in [0.15, 0.2) is 18.3 Å². The maximum absolute atomic E-state index is 13.5. The summed E-state index contributed by atoms with van der Waals surface area (Å²) in [5, 5.41) is 3.04. The van der Waals surface area contributed by atoms with E-state index in [4.69, 9.17) is 0 Å². The molecule has 1 aliphatic rings. The van der Waals surface area contributed by atoms with Crippen molar-refractivity contribution in [2.24, 2.45) is 0 Å². The Kier molecular flexibility index (Phi) is 2.77. The van der Waals surface area contributed by atoms with Crippen LogP contribution in [0.5, 0.6) is 0 Å². The second-order valence-electron chi connectivity index (χ2n) is 3.88. The van der Waals surface area contributed by atoms with Gasteiger partial charge in [-0.2, -0.15) is 0 Å². The van der Waals surface area contributed by atoms with E-state index in [9.17, 15) is 4.39 Å². The molecular formula is C11H15FN2. The zero-order valence-corrected chi connectivity index (χ0v) is 8.33. The van der Waals surface area contributed by atoms with Crippen molar-refractivity contribution in [1.29, 1.82) is 0 Å². The summed E-state index contributed by atoms with van der Waals surface area (Å²) in [6.45, 7) is 3.34. The molecule has 2 unspecified atom stereocenters. The molecular weight excluding hydrogens is 179 g/mol. The lowest BCUT2D eigenvalue weighted by Crippen LogP contribution is -2.37. The van der Waals surface area contributed by atoms with Gasteiger partial charge in [0.15, 0.2) is 0 Å². The fourth-order valence-electron chi connectivity index (χ4n) is 1.85. The minimum absolute atomic E-state index is 0.0168. The number of nitrogens with one attached hydrogen (secondary N) is 1. The molecule has 1 aromatic heterocycles. The van der Waals surface area contributed by atoms with Gasteiger partial charge < -0.3 is 5.32 Å². The monoisotopic (exact) mass is 194 g/mol. The molecule has 2 atom stereocenters. The van der Waals surface area contributed by atoms with Crippen LogP contribution in [0, 0.1) is 6.92 Å². The van der Waals surface area contributed by atoms with Crippen LogP contribution in [0.4, 0.5) is 4.39 Å². The van der Waals surface area contributed by atoms with Gasteiger partial charge in [-0.15, -0.1) is 0 Å². The van der Waals surface area contributed by atoms with Gasteiger partial charge in [0.25, 0.3) is 0 Å². The number of aryl methyl sites for hydroxylation is 1. The highest BCUT2D eigenvalue weighted by atomic mass is 19.1. The highest BCUT2D eigenvalue weighted by Crippen LogP contribution is 2.25. The highest BCUT2D eigenvalue weighted by Gasteiger charge is 2.26. The summed E-state index contributed by atoms with van der Waals surface area (Å²) in [5.74, 6) is -0.0168. The van der Waals surface area contributed by atoms with Crippen LogP contribution in [0.2, 0.25) is 0 Å². The fraction of sp³-hybridized carbons (Fsp3) is 0.545. The molecule has 0 amide bonds. The molecule has 1 aliphatic heterocycles. The molecule has 1 saturated heterocycles.